The number of allylic oxidation sites excluding steroid dienone is 2. The molecule has 6 nitrogen and oxygen atoms in total. The first-order valence-electron chi connectivity index (χ1n) is 10.3. The third kappa shape index (κ3) is 3.15. The Hall–Kier alpha value is -2.63. The second-order valence-electron chi connectivity index (χ2n) is 8.87. The maximum atomic E-state index is 13.0. The largest absolute Gasteiger partial charge is 0.481 e. The van der Waals surface area contributed by atoms with Gasteiger partial charge in [0.25, 0.3) is 17.7 Å². The first kappa shape index (κ1) is 19.7. The smallest absolute Gasteiger partial charge is 0.279 e. The predicted octanol–water partition coefficient (Wildman–Crippen LogP) is 3.08. The van der Waals surface area contributed by atoms with Crippen molar-refractivity contribution in [3.8, 4) is 5.75 Å². The van der Waals surface area contributed by atoms with E-state index in [0.29, 0.717) is 5.75 Å². The summed E-state index contributed by atoms with van der Waals surface area (Å²) >= 11 is 0. The number of hydrogen-bond acceptors (Lipinski definition) is 4. The van der Waals surface area contributed by atoms with Crippen molar-refractivity contribution in [3.63, 3.8) is 0 Å². The highest BCUT2D eigenvalue weighted by Gasteiger charge is 2.63. The van der Waals surface area contributed by atoms with Crippen molar-refractivity contribution >= 4 is 17.7 Å². The lowest BCUT2D eigenvalue weighted by atomic mass is 9.81. The van der Waals surface area contributed by atoms with Crippen LogP contribution >= 0.6 is 0 Å². The topological polar surface area (TPSA) is 75.7 Å². The number of hydrogen-bond donors (Lipinski definition) is 1. The molecule has 3 amide bonds. The van der Waals surface area contributed by atoms with E-state index in [-0.39, 0.29) is 35.5 Å². The van der Waals surface area contributed by atoms with E-state index in [4.69, 9.17) is 4.74 Å². The molecular formula is C23H28N2O4. The summed E-state index contributed by atoms with van der Waals surface area (Å²) in [5.74, 6) is -0.859. The van der Waals surface area contributed by atoms with Gasteiger partial charge in [0.15, 0.2) is 6.10 Å². The number of fused-ring (bicyclic) bond motifs is 5. The van der Waals surface area contributed by atoms with E-state index in [1.54, 1.807) is 6.92 Å². The van der Waals surface area contributed by atoms with Crippen LogP contribution in [0.25, 0.3) is 0 Å². The molecular weight excluding hydrogens is 368 g/mol. The van der Waals surface area contributed by atoms with Gasteiger partial charge in [-0.15, -0.1) is 0 Å². The van der Waals surface area contributed by atoms with Crippen LogP contribution in [0.1, 0.15) is 44.7 Å². The van der Waals surface area contributed by atoms with Gasteiger partial charge < -0.3 is 4.74 Å². The van der Waals surface area contributed by atoms with Crippen molar-refractivity contribution in [3.05, 3.63) is 40.5 Å². The average molecular weight is 396 g/mol. The number of carbonyl (C=O) groups excluding carboxylic acids is 3. The summed E-state index contributed by atoms with van der Waals surface area (Å²) in [5.41, 5.74) is 7.11. The molecule has 5 atom stereocenters. The molecule has 29 heavy (non-hydrogen) atoms. The second-order valence-corrected chi connectivity index (χ2v) is 8.87. The lowest BCUT2D eigenvalue weighted by Gasteiger charge is -2.22. The number of benzene rings is 1. The molecule has 5 unspecified atom stereocenters. The summed E-state index contributed by atoms with van der Waals surface area (Å²) in [7, 11) is 0. The Morgan fingerprint density at radius 2 is 1.55 bits per heavy atom. The molecule has 154 valence electrons. The summed E-state index contributed by atoms with van der Waals surface area (Å²) in [6.07, 6.45) is 1.06. The number of carbonyl (C=O) groups is 3. The molecule has 2 aliphatic carbocycles. The molecule has 3 aliphatic rings. The van der Waals surface area contributed by atoms with E-state index in [1.165, 1.54) is 11.1 Å². The average Bonchev–Trinajstić information content (AvgIpc) is 3.26. The van der Waals surface area contributed by atoms with Crippen molar-refractivity contribution in [2.75, 3.05) is 0 Å². The lowest BCUT2D eigenvalue weighted by molar-refractivity contribution is -0.151. The molecule has 1 aromatic carbocycles. The highest BCUT2D eigenvalue weighted by atomic mass is 16.5. The first-order valence-corrected chi connectivity index (χ1v) is 10.3. The molecule has 4 rings (SSSR count). The highest BCUT2D eigenvalue weighted by Crippen LogP contribution is 2.59. The Morgan fingerprint density at radius 3 is 2.03 bits per heavy atom. The Labute approximate surface area is 171 Å². The van der Waals surface area contributed by atoms with Gasteiger partial charge in [-0.05, 0) is 82.6 Å². The minimum absolute atomic E-state index is 0.136. The number of nitrogens with zero attached hydrogens (tertiary/aromatic N) is 1. The maximum absolute atomic E-state index is 13.0. The molecule has 0 aromatic heterocycles. The number of hydrazine groups is 1. The van der Waals surface area contributed by atoms with Crippen LogP contribution < -0.4 is 10.2 Å². The van der Waals surface area contributed by atoms with Crippen molar-refractivity contribution in [1.82, 2.24) is 10.4 Å². The van der Waals surface area contributed by atoms with Gasteiger partial charge in [-0.2, -0.15) is 5.01 Å². The molecule has 1 heterocycles. The van der Waals surface area contributed by atoms with Crippen LogP contribution in [-0.4, -0.2) is 28.8 Å². The van der Waals surface area contributed by atoms with E-state index >= 15 is 0 Å². The van der Waals surface area contributed by atoms with Gasteiger partial charge >= 0.3 is 0 Å². The molecule has 3 fully saturated rings. The number of imide groups is 1. The number of ether oxygens (including phenoxy) is 1. The van der Waals surface area contributed by atoms with Gasteiger partial charge in [-0.1, -0.05) is 17.2 Å². The zero-order valence-corrected chi connectivity index (χ0v) is 17.6. The molecule has 2 saturated carbocycles. The summed E-state index contributed by atoms with van der Waals surface area (Å²) in [5, 5.41) is 0.951. The van der Waals surface area contributed by atoms with E-state index < -0.39 is 12.0 Å². The number of aryl methyl sites for hydroxylation is 2. The highest BCUT2D eigenvalue weighted by molar-refractivity contribution is 6.07. The summed E-state index contributed by atoms with van der Waals surface area (Å²) in [6, 6.07) is 5.73. The molecule has 0 spiro atoms. The van der Waals surface area contributed by atoms with E-state index in [9.17, 15) is 14.4 Å². The van der Waals surface area contributed by atoms with Crippen LogP contribution in [-0.2, 0) is 14.4 Å². The standard InChI is InChI=1S/C23H28N2O4/c1-11(2)18-16-6-7-17(18)20-19(16)22(27)25(23(20)28)24-21(26)14(5)29-15-9-12(3)8-13(4)10-15/h8-10,14,16-17,19-20H,6-7H2,1-5H3,(H,24,26). The summed E-state index contributed by atoms with van der Waals surface area (Å²) < 4.78 is 5.75. The Bertz CT molecular complexity index is 879. The van der Waals surface area contributed by atoms with E-state index in [2.05, 4.69) is 19.3 Å². The van der Waals surface area contributed by atoms with Crippen LogP contribution in [0.5, 0.6) is 5.75 Å². The maximum Gasteiger partial charge on any atom is 0.279 e. The molecule has 1 aromatic rings. The number of amides is 3. The van der Waals surface area contributed by atoms with Gasteiger partial charge in [-0.3, -0.25) is 19.8 Å². The third-order valence-electron chi connectivity index (χ3n) is 6.53. The van der Waals surface area contributed by atoms with Crippen LogP contribution in [0.3, 0.4) is 0 Å². The van der Waals surface area contributed by atoms with Gasteiger partial charge in [0.1, 0.15) is 5.75 Å². The van der Waals surface area contributed by atoms with Crippen molar-refractivity contribution < 1.29 is 19.1 Å². The third-order valence-corrected chi connectivity index (χ3v) is 6.53. The molecule has 1 saturated heterocycles. The van der Waals surface area contributed by atoms with Crippen molar-refractivity contribution in [1.29, 1.82) is 0 Å². The van der Waals surface area contributed by atoms with Gasteiger partial charge in [0.2, 0.25) is 0 Å². The van der Waals surface area contributed by atoms with Crippen molar-refractivity contribution in [2.24, 2.45) is 23.7 Å². The molecule has 0 radical (unpaired) electrons. The van der Waals surface area contributed by atoms with Crippen LogP contribution in [0.2, 0.25) is 0 Å². The van der Waals surface area contributed by atoms with Crippen LogP contribution in [0.4, 0.5) is 0 Å². The lowest BCUT2D eigenvalue weighted by Crippen LogP contribution is -2.51. The second kappa shape index (κ2) is 7.01. The quantitative estimate of drug-likeness (QED) is 0.627. The Balaban J connectivity index is 1.47. The summed E-state index contributed by atoms with van der Waals surface area (Å²) in [6.45, 7) is 9.65. The zero-order chi connectivity index (χ0) is 21.0. The molecule has 1 N–H and O–H groups in total. The normalized spacial score (nSPS) is 28.6. The Morgan fingerprint density at radius 1 is 1.03 bits per heavy atom. The van der Waals surface area contributed by atoms with Gasteiger partial charge in [-0.25, -0.2) is 0 Å². The van der Waals surface area contributed by atoms with E-state index in [1.807, 2.05) is 32.0 Å². The monoisotopic (exact) mass is 396 g/mol. The number of nitrogens with one attached hydrogen (secondary N) is 1. The van der Waals surface area contributed by atoms with E-state index in [0.717, 1.165) is 29.0 Å². The van der Waals surface area contributed by atoms with Crippen LogP contribution in [0, 0.1) is 37.5 Å². The fourth-order valence-electron chi connectivity index (χ4n) is 5.56. The SMILES string of the molecule is CC(C)=C1C2CCC1C1C(=O)N(NC(=O)C(C)Oc3cc(C)cc(C)c3)C(=O)C21. The zero-order valence-electron chi connectivity index (χ0n) is 17.6. The summed E-state index contributed by atoms with van der Waals surface area (Å²) in [4.78, 5) is 38.6. The minimum Gasteiger partial charge on any atom is -0.481 e. The fraction of sp³-hybridized carbons (Fsp3) is 0.522. The van der Waals surface area contributed by atoms with Gasteiger partial charge in [0.05, 0.1) is 11.8 Å². The molecule has 6 heteroatoms. The fourth-order valence-corrected chi connectivity index (χ4v) is 5.56. The number of rotatable bonds is 4. The Kier molecular flexibility index (Phi) is 4.75. The van der Waals surface area contributed by atoms with Crippen LogP contribution in [0.15, 0.2) is 29.3 Å². The molecule has 2 bridgehead atoms. The molecule has 1 aliphatic heterocycles. The minimum atomic E-state index is -0.831. The van der Waals surface area contributed by atoms with Gasteiger partial charge in [0, 0.05) is 0 Å². The van der Waals surface area contributed by atoms with Crippen molar-refractivity contribution in [2.45, 2.75) is 53.6 Å². The first-order chi connectivity index (χ1) is 13.7. The predicted molar refractivity (Wildman–Crippen MR) is 108 cm³/mol.